The van der Waals surface area contributed by atoms with Crippen molar-refractivity contribution in [3.05, 3.63) is 35.5 Å². The van der Waals surface area contributed by atoms with Crippen molar-refractivity contribution in [3.63, 3.8) is 0 Å². The number of aromatic nitrogens is 3. The summed E-state index contributed by atoms with van der Waals surface area (Å²) >= 11 is 0. The van der Waals surface area contributed by atoms with Crippen molar-refractivity contribution in [3.8, 4) is 0 Å². The van der Waals surface area contributed by atoms with E-state index in [-0.39, 0.29) is 11.9 Å². The van der Waals surface area contributed by atoms with Gasteiger partial charge >= 0.3 is 0 Å². The number of hydrogen-bond acceptors (Lipinski definition) is 4. The second kappa shape index (κ2) is 4.47. The topological polar surface area (TPSA) is 64.2 Å². The molecule has 0 unspecified atom stereocenters. The lowest BCUT2D eigenvalue weighted by Gasteiger charge is -2.38. The third-order valence-corrected chi connectivity index (χ3v) is 4.20. The Morgan fingerprint density at radius 3 is 2.95 bits per heavy atom. The van der Waals surface area contributed by atoms with Gasteiger partial charge in [-0.05, 0) is 31.7 Å². The van der Waals surface area contributed by atoms with Crippen LogP contribution >= 0.6 is 0 Å². The van der Waals surface area contributed by atoms with Gasteiger partial charge in [-0.3, -0.25) is 9.48 Å². The number of fused-ring (bicyclic) bond motifs is 1. The van der Waals surface area contributed by atoms with Crippen LogP contribution in [0.4, 0.5) is 0 Å². The number of aryl methyl sites for hydroxylation is 1. The first-order valence-electron chi connectivity index (χ1n) is 7.09. The first kappa shape index (κ1) is 11.7. The second-order valence-corrected chi connectivity index (χ2v) is 5.49. The molecule has 2 aromatic rings. The zero-order valence-corrected chi connectivity index (χ0v) is 11.2. The minimum atomic E-state index is -0.0240. The van der Waals surface area contributed by atoms with Crippen LogP contribution in [-0.4, -0.2) is 38.8 Å². The lowest BCUT2D eigenvalue weighted by atomic mass is 9.95. The molecule has 0 radical (unpaired) electrons. The van der Waals surface area contributed by atoms with Crippen LogP contribution in [0.5, 0.6) is 0 Å². The van der Waals surface area contributed by atoms with Crippen LogP contribution in [0.1, 0.15) is 40.7 Å². The Kier molecular flexibility index (Phi) is 2.61. The zero-order valence-electron chi connectivity index (χ0n) is 11.2. The van der Waals surface area contributed by atoms with E-state index in [2.05, 4.69) is 10.3 Å². The van der Waals surface area contributed by atoms with E-state index in [4.69, 9.17) is 4.52 Å². The summed E-state index contributed by atoms with van der Waals surface area (Å²) in [5.74, 6) is 0.433. The highest BCUT2D eigenvalue weighted by Gasteiger charge is 2.36. The molecule has 6 nitrogen and oxygen atoms in total. The van der Waals surface area contributed by atoms with Gasteiger partial charge in [0.25, 0.3) is 5.91 Å². The van der Waals surface area contributed by atoms with Crippen molar-refractivity contribution in [2.24, 2.45) is 0 Å². The molecule has 1 aliphatic carbocycles. The van der Waals surface area contributed by atoms with E-state index in [9.17, 15) is 4.79 Å². The summed E-state index contributed by atoms with van der Waals surface area (Å²) in [5.41, 5.74) is 2.01. The fraction of sp³-hybridized carbons (Fsp3) is 0.500. The van der Waals surface area contributed by atoms with E-state index in [0.29, 0.717) is 18.8 Å². The third-order valence-electron chi connectivity index (χ3n) is 4.20. The second-order valence-electron chi connectivity index (χ2n) is 5.49. The van der Waals surface area contributed by atoms with E-state index >= 15 is 0 Å². The normalized spacial score (nSPS) is 18.7. The Morgan fingerprint density at radius 1 is 1.30 bits per heavy atom. The highest BCUT2D eigenvalue weighted by atomic mass is 16.5. The summed E-state index contributed by atoms with van der Waals surface area (Å²) < 4.78 is 7.20. The molecule has 3 heterocycles. The van der Waals surface area contributed by atoms with Crippen LogP contribution in [0.3, 0.4) is 0 Å². The molecule has 0 N–H and O–H groups in total. The van der Waals surface area contributed by atoms with Gasteiger partial charge in [-0.1, -0.05) is 5.16 Å². The predicted molar refractivity (Wildman–Crippen MR) is 70.3 cm³/mol. The molecule has 4 rings (SSSR count). The maximum Gasteiger partial charge on any atom is 0.292 e. The summed E-state index contributed by atoms with van der Waals surface area (Å²) in [6, 6.07) is 2.19. The van der Waals surface area contributed by atoms with Crippen LogP contribution in [0.2, 0.25) is 0 Å². The van der Waals surface area contributed by atoms with Gasteiger partial charge in [0.1, 0.15) is 0 Å². The highest BCUT2D eigenvalue weighted by molar-refractivity contribution is 5.93. The lowest BCUT2D eigenvalue weighted by Crippen LogP contribution is -2.51. The molecule has 0 spiro atoms. The van der Waals surface area contributed by atoms with Crippen molar-refractivity contribution in [2.45, 2.75) is 31.7 Å². The maximum absolute atomic E-state index is 12.4. The Labute approximate surface area is 116 Å². The molecule has 6 heteroatoms. The number of carbonyl (C=O) groups excluding carboxylic acids is 1. The van der Waals surface area contributed by atoms with Crippen molar-refractivity contribution < 1.29 is 9.32 Å². The standard InChI is InChI=1S/C14H16N4O2/c19-14(13-11-4-1-2-5-12(11)16-20-13)17-8-10(9-17)18-7-3-6-15-18/h3,6-7,10H,1-2,4-5,8-9H2. The molecule has 0 aromatic carbocycles. The van der Waals surface area contributed by atoms with Crippen molar-refractivity contribution in [1.29, 1.82) is 0 Å². The van der Waals surface area contributed by atoms with Gasteiger partial charge < -0.3 is 9.42 Å². The number of likely N-dealkylation sites (tertiary alicyclic amines) is 1. The SMILES string of the molecule is O=C(c1onc2c1CCCC2)N1CC(n2cccn2)C1. The molecular weight excluding hydrogens is 256 g/mol. The summed E-state index contributed by atoms with van der Waals surface area (Å²) in [7, 11) is 0. The molecule has 2 aromatic heterocycles. The van der Waals surface area contributed by atoms with Gasteiger partial charge in [0.2, 0.25) is 5.76 Å². The van der Waals surface area contributed by atoms with Gasteiger partial charge in [-0.2, -0.15) is 5.10 Å². The first-order valence-corrected chi connectivity index (χ1v) is 7.09. The lowest BCUT2D eigenvalue weighted by molar-refractivity contribution is 0.0459. The number of carbonyl (C=O) groups is 1. The number of amides is 1. The number of hydrogen-bond donors (Lipinski definition) is 0. The Balaban J connectivity index is 1.48. The minimum absolute atomic E-state index is 0.0240. The number of rotatable bonds is 2. The minimum Gasteiger partial charge on any atom is -0.350 e. The van der Waals surface area contributed by atoms with Gasteiger partial charge in [-0.15, -0.1) is 0 Å². The molecule has 1 fully saturated rings. The van der Waals surface area contributed by atoms with E-state index in [1.54, 1.807) is 6.20 Å². The summed E-state index contributed by atoms with van der Waals surface area (Å²) in [6.45, 7) is 1.38. The predicted octanol–water partition coefficient (Wildman–Crippen LogP) is 1.45. The molecule has 104 valence electrons. The Morgan fingerprint density at radius 2 is 2.15 bits per heavy atom. The third kappa shape index (κ3) is 1.75. The Hall–Kier alpha value is -2.11. The van der Waals surface area contributed by atoms with E-state index in [0.717, 1.165) is 36.9 Å². The summed E-state index contributed by atoms with van der Waals surface area (Å²) in [4.78, 5) is 14.2. The Bertz CT molecular complexity index is 626. The fourth-order valence-electron chi connectivity index (χ4n) is 2.99. The smallest absolute Gasteiger partial charge is 0.292 e. The van der Waals surface area contributed by atoms with E-state index in [1.165, 1.54) is 0 Å². The summed E-state index contributed by atoms with van der Waals surface area (Å²) in [6.07, 6.45) is 7.79. The largest absolute Gasteiger partial charge is 0.350 e. The van der Waals surface area contributed by atoms with Gasteiger partial charge in [-0.25, -0.2) is 0 Å². The van der Waals surface area contributed by atoms with Crippen molar-refractivity contribution in [1.82, 2.24) is 19.8 Å². The molecule has 1 amide bonds. The van der Waals surface area contributed by atoms with Crippen molar-refractivity contribution in [2.75, 3.05) is 13.1 Å². The molecule has 1 saturated heterocycles. The van der Waals surface area contributed by atoms with Gasteiger partial charge in [0.15, 0.2) is 0 Å². The van der Waals surface area contributed by atoms with Crippen LogP contribution in [0, 0.1) is 0 Å². The summed E-state index contributed by atoms with van der Waals surface area (Å²) in [5, 5.41) is 8.26. The highest BCUT2D eigenvalue weighted by Crippen LogP contribution is 2.28. The maximum atomic E-state index is 12.4. The molecule has 20 heavy (non-hydrogen) atoms. The quantitative estimate of drug-likeness (QED) is 0.830. The zero-order chi connectivity index (χ0) is 13.5. The first-order chi connectivity index (χ1) is 9.83. The molecule has 2 aliphatic rings. The molecule has 0 bridgehead atoms. The molecule has 0 atom stereocenters. The van der Waals surface area contributed by atoms with E-state index < -0.39 is 0 Å². The van der Waals surface area contributed by atoms with Crippen LogP contribution < -0.4 is 0 Å². The molecular formula is C14H16N4O2. The monoisotopic (exact) mass is 272 g/mol. The van der Waals surface area contributed by atoms with Gasteiger partial charge in [0, 0.05) is 31.0 Å². The van der Waals surface area contributed by atoms with E-state index in [1.807, 2.05) is 21.8 Å². The number of nitrogens with zero attached hydrogens (tertiary/aromatic N) is 4. The van der Waals surface area contributed by atoms with Crippen LogP contribution in [0.25, 0.3) is 0 Å². The average molecular weight is 272 g/mol. The molecule has 1 aliphatic heterocycles. The average Bonchev–Trinajstić information content (AvgIpc) is 3.05. The molecule has 0 saturated carbocycles. The van der Waals surface area contributed by atoms with Crippen LogP contribution in [0.15, 0.2) is 23.0 Å². The fourth-order valence-corrected chi connectivity index (χ4v) is 2.99. The van der Waals surface area contributed by atoms with Crippen molar-refractivity contribution >= 4 is 5.91 Å². The van der Waals surface area contributed by atoms with Gasteiger partial charge in [0.05, 0.1) is 11.7 Å². The van der Waals surface area contributed by atoms with Crippen LogP contribution in [-0.2, 0) is 12.8 Å².